The van der Waals surface area contributed by atoms with Crippen molar-refractivity contribution in [3.05, 3.63) is 41.2 Å². The van der Waals surface area contributed by atoms with E-state index in [4.69, 9.17) is 4.98 Å². The second-order valence-corrected chi connectivity index (χ2v) is 11.6. The number of aliphatic imine (C=N–C) groups is 1. The number of nitrogens with zero attached hydrogens (tertiary/aromatic N) is 6. The Balaban J connectivity index is 1.38. The van der Waals surface area contributed by atoms with E-state index in [0.717, 1.165) is 42.8 Å². The monoisotopic (exact) mass is 545 g/mol. The molecule has 1 saturated heterocycles. The second kappa shape index (κ2) is 11.4. The van der Waals surface area contributed by atoms with Crippen molar-refractivity contribution in [1.82, 2.24) is 29.9 Å². The third-order valence-corrected chi connectivity index (χ3v) is 8.16. The molecule has 5 heterocycles. The second-order valence-electron chi connectivity index (χ2n) is 11.6. The number of allylic oxidation sites excluding steroid dienone is 1. The predicted molar refractivity (Wildman–Crippen MR) is 155 cm³/mol. The molecule has 2 aromatic rings. The Morgan fingerprint density at radius 1 is 1.20 bits per heavy atom. The molecule has 0 aliphatic carbocycles. The molecule has 40 heavy (non-hydrogen) atoms. The van der Waals surface area contributed by atoms with Crippen molar-refractivity contribution in [2.24, 2.45) is 16.8 Å². The number of fused-ring (bicyclic) bond motifs is 1. The zero-order valence-electron chi connectivity index (χ0n) is 24.1. The average molecular weight is 546 g/mol. The van der Waals surface area contributed by atoms with E-state index in [1.165, 1.54) is 0 Å². The lowest BCUT2D eigenvalue weighted by atomic mass is 9.95. The lowest BCUT2D eigenvalue weighted by Gasteiger charge is -2.34. The molecule has 0 aromatic carbocycles. The fourth-order valence-corrected chi connectivity index (χ4v) is 5.92. The van der Waals surface area contributed by atoms with Gasteiger partial charge in [0, 0.05) is 37.9 Å². The summed E-state index contributed by atoms with van der Waals surface area (Å²) in [7, 11) is 2.07. The maximum Gasteiger partial charge on any atom is 0.254 e. The lowest BCUT2D eigenvalue weighted by Crippen LogP contribution is -2.45. The lowest BCUT2D eigenvalue weighted by molar-refractivity contribution is -0.136. The topological polar surface area (TPSA) is 113 Å². The van der Waals surface area contributed by atoms with Crippen LogP contribution in [0.15, 0.2) is 35.0 Å². The van der Waals surface area contributed by atoms with Crippen LogP contribution in [0.4, 0.5) is 0 Å². The number of hydrogen-bond donors (Lipinski definition) is 1. The van der Waals surface area contributed by atoms with Crippen LogP contribution in [0.5, 0.6) is 0 Å². The van der Waals surface area contributed by atoms with Crippen molar-refractivity contribution >= 4 is 40.0 Å². The minimum Gasteiger partial charge on any atom is -0.351 e. The summed E-state index contributed by atoms with van der Waals surface area (Å²) in [6.07, 6.45) is 8.29. The Bertz CT molecular complexity index is 1430. The Morgan fingerprint density at radius 3 is 2.67 bits per heavy atom. The van der Waals surface area contributed by atoms with E-state index in [0.29, 0.717) is 41.8 Å². The fourth-order valence-electron chi connectivity index (χ4n) is 5.92. The zero-order valence-corrected chi connectivity index (χ0v) is 24.1. The molecule has 212 valence electrons. The highest BCUT2D eigenvalue weighted by atomic mass is 16.2. The van der Waals surface area contributed by atoms with Gasteiger partial charge in [0.15, 0.2) is 5.65 Å². The van der Waals surface area contributed by atoms with E-state index in [-0.39, 0.29) is 36.2 Å². The van der Waals surface area contributed by atoms with Crippen molar-refractivity contribution in [3.63, 3.8) is 0 Å². The van der Waals surface area contributed by atoms with E-state index in [1.807, 2.05) is 42.5 Å². The van der Waals surface area contributed by atoms with Crippen LogP contribution in [0.1, 0.15) is 69.1 Å². The first-order chi connectivity index (χ1) is 19.1. The normalized spacial score (nSPS) is 22.3. The van der Waals surface area contributed by atoms with Gasteiger partial charge in [0.2, 0.25) is 5.91 Å². The van der Waals surface area contributed by atoms with E-state index < -0.39 is 5.92 Å². The van der Waals surface area contributed by atoms with Crippen LogP contribution in [0.2, 0.25) is 0 Å². The van der Waals surface area contributed by atoms with Gasteiger partial charge in [-0.05, 0) is 78.3 Å². The molecular weight excluding hydrogens is 506 g/mol. The number of aromatic nitrogens is 3. The molecule has 2 aromatic heterocycles. The van der Waals surface area contributed by atoms with Gasteiger partial charge in [-0.3, -0.25) is 14.4 Å². The summed E-state index contributed by atoms with van der Waals surface area (Å²) in [5.74, 6) is -0.709. The quantitative estimate of drug-likeness (QED) is 0.596. The Labute approximate surface area is 235 Å². The van der Waals surface area contributed by atoms with Crippen molar-refractivity contribution in [3.8, 4) is 0 Å². The molecule has 10 nitrogen and oxygen atoms in total. The number of hydrogen-bond acceptors (Lipinski definition) is 6. The Morgan fingerprint density at radius 2 is 2.00 bits per heavy atom. The van der Waals surface area contributed by atoms with Gasteiger partial charge in [-0.1, -0.05) is 11.6 Å². The summed E-state index contributed by atoms with van der Waals surface area (Å²) >= 11 is 0. The smallest absolute Gasteiger partial charge is 0.254 e. The molecule has 0 saturated carbocycles. The summed E-state index contributed by atoms with van der Waals surface area (Å²) in [6, 6.07) is 1.88. The maximum absolute atomic E-state index is 13.5. The highest BCUT2D eigenvalue weighted by Crippen LogP contribution is 2.29. The highest BCUT2D eigenvalue weighted by Gasteiger charge is 2.30. The Hall–Kier alpha value is -3.66. The Kier molecular flexibility index (Phi) is 7.98. The van der Waals surface area contributed by atoms with Crippen LogP contribution < -0.4 is 5.32 Å². The fraction of sp³-hybridized carbons (Fsp3) is 0.533. The van der Waals surface area contributed by atoms with Gasteiger partial charge in [0.1, 0.15) is 0 Å². The van der Waals surface area contributed by atoms with Crippen molar-refractivity contribution in [2.45, 2.75) is 53.0 Å². The summed E-state index contributed by atoms with van der Waals surface area (Å²) in [5, 5.41) is 8.14. The minimum absolute atomic E-state index is 0.0583. The minimum atomic E-state index is -0.476. The van der Waals surface area contributed by atoms with Crippen molar-refractivity contribution < 1.29 is 14.4 Å². The average Bonchev–Trinajstić information content (AvgIpc) is 3.36. The highest BCUT2D eigenvalue weighted by molar-refractivity contribution is 6.07. The van der Waals surface area contributed by atoms with Crippen LogP contribution in [0, 0.1) is 11.8 Å². The van der Waals surface area contributed by atoms with Gasteiger partial charge in [0.25, 0.3) is 11.8 Å². The molecule has 1 N–H and O–H groups in total. The van der Waals surface area contributed by atoms with E-state index >= 15 is 0 Å². The first kappa shape index (κ1) is 27.9. The first-order valence-corrected chi connectivity index (χ1v) is 14.2. The number of carbonyl (C=O) groups is 3. The summed E-state index contributed by atoms with van der Waals surface area (Å²) in [5.41, 5.74) is 4.42. The molecule has 5 rings (SSSR count). The van der Waals surface area contributed by atoms with Gasteiger partial charge in [-0.25, -0.2) is 14.7 Å². The summed E-state index contributed by atoms with van der Waals surface area (Å²) < 4.78 is 1.82. The van der Waals surface area contributed by atoms with E-state index in [9.17, 15) is 14.4 Å². The molecule has 0 spiro atoms. The molecule has 0 radical (unpaired) electrons. The maximum atomic E-state index is 13.5. The van der Waals surface area contributed by atoms with Gasteiger partial charge < -0.3 is 15.1 Å². The molecule has 0 bridgehead atoms. The zero-order chi connectivity index (χ0) is 28.6. The number of rotatable bonds is 6. The SMILES string of the molecule is CC1=CC(C)=NC(=O)C1CNC(=O)c1cc(C2=CCN(C(=O)C3CCCN(C)C3)CC2)nc2c1cnn2C(C)C. The third kappa shape index (κ3) is 5.63. The molecular formula is C30H39N7O3. The number of carbonyl (C=O) groups excluding carboxylic acids is 3. The van der Waals surface area contributed by atoms with Crippen molar-refractivity contribution in [2.75, 3.05) is 39.8 Å². The number of piperidine rings is 1. The molecule has 10 heteroatoms. The van der Waals surface area contributed by atoms with Gasteiger partial charge in [-0.15, -0.1) is 0 Å². The van der Waals surface area contributed by atoms with Gasteiger partial charge in [0.05, 0.1) is 34.7 Å². The molecule has 2 atom stereocenters. The third-order valence-electron chi connectivity index (χ3n) is 8.16. The van der Waals surface area contributed by atoms with Crippen LogP contribution >= 0.6 is 0 Å². The van der Waals surface area contributed by atoms with Gasteiger partial charge in [-0.2, -0.15) is 5.10 Å². The number of nitrogens with one attached hydrogen (secondary N) is 1. The standard InChI is InChI=1S/C30H39N7O3/c1-18(2)37-27-25(16-32-37)23(28(38)31-15-24-19(3)13-20(4)33-29(24)39)14-26(34-27)21-8-11-36(12-9-21)30(40)22-7-6-10-35(5)17-22/h8,13-14,16,18,22,24H,6-7,9-12,15,17H2,1-5H3,(H,31,38). The molecule has 3 amide bonds. The largest absolute Gasteiger partial charge is 0.351 e. The van der Waals surface area contributed by atoms with Crippen molar-refractivity contribution in [1.29, 1.82) is 0 Å². The molecule has 1 fully saturated rings. The van der Waals surface area contributed by atoms with Crippen LogP contribution in [-0.2, 0) is 9.59 Å². The van der Waals surface area contributed by atoms with E-state index in [1.54, 1.807) is 13.1 Å². The van der Waals surface area contributed by atoms with E-state index in [2.05, 4.69) is 33.4 Å². The van der Waals surface area contributed by atoms with Crippen LogP contribution in [-0.4, -0.2) is 87.8 Å². The number of likely N-dealkylation sites (tertiary alicyclic amines) is 1. The summed E-state index contributed by atoms with van der Waals surface area (Å²) in [6.45, 7) is 10.9. The molecule has 3 aliphatic heterocycles. The van der Waals surface area contributed by atoms with Gasteiger partial charge >= 0.3 is 0 Å². The number of amides is 3. The molecule has 2 unspecified atom stereocenters. The molecule has 3 aliphatic rings. The number of pyridine rings is 1. The summed E-state index contributed by atoms with van der Waals surface area (Å²) in [4.78, 5) is 52.3. The first-order valence-electron chi connectivity index (χ1n) is 14.2. The predicted octanol–water partition coefficient (Wildman–Crippen LogP) is 3.26. The van der Waals surface area contributed by atoms with Crippen LogP contribution in [0.3, 0.4) is 0 Å². The number of dihydropyridines is 1. The van der Waals surface area contributed by atoms with Crippen LogP contribution in [0.25, 0.3) is 16.6 Å².